The zero-order chi connectivity index (χ0) is 19.0. The summed E-state index contributed by atoms with van der Waals surface area (Å²) >= 11 is 1.52. The Balaban J connectivity index is 1.81. The number of carbonyl (C=O) groups excluding carboxylic acids is 1. The summed E-state index contributed by atoms with van der Waals surface area (Å²) < 4.78 is 3.13. The molecule has 0 unspecified atom stereocenters. The highest BCUT2D eigenvalue weighted by molar-refractivity contribution is 7.99. The molecule has 4 rings (SSSR count). The molecule has 0 aliphatic carbocycles. The maximum Gasteiger partial charge on any atom is 0.266 e. The van der Waals surface area contributed by atoms with Gasteiger partial charge in [-0.1, -0.05) is 18.7 Å². The van der Waals surface area contributed by atoms with Crippen LogP contribution in [0.25, 0.3) is 22.4 Å². The first-order chi connectivity index (χ1) is 13.1. The van der Waals surface area contributed by atoms with Crippen LogP contribution in [0.1, 0.15) is 13.8 Å². The van der Waals surface area contributed by atoms with Crippen molar-refractivity contribution < 1.29 is 4.79 Å². The predicted octanol–water partition coefficient (Wildman–Crippen LogP) is 2.50. The summed E-state index contributed by atoms with van der Waals surface area (Å²) in [7, 11) is 0. The molecule has 0 radical (unpaired) electrons. The number of nitrogens with one attached hydrogen (secondary N) is 1. The number of pyridine rings is 1. The Morgan fingerprint density at radius 3 is 2.70 bits per heavy atom. The monoisotopic (exact) mass is 380 g/mol. The summed E-state index contributed by atoms with van der Waals surface area (Å²) in [5, 5.41) is 8.22. The highest BCUT2D eigenvalue weighted by atomic mass is 32.2. The lowest BCUT2D eigenvalue weighted by atomic mass is 10.2. The van der Waals surface area contributed by atoms with Gasteiger partial charge in [0.05, 0.1) is 10.9 Å². The highest BCUT2D eigenvalue weighted by Crippen LogP contribution is 2.18. The number of hydrogen-bond acceptors (Lipinski definition) is 6. The highest BCUT2D eigenvalue weighted by Gasteiger charge is 2.12. The second-order valence-corrected chi connectivity index (χ2v) is 7.05. The first-order valence-corrected chi connectivity index (χ1v) is 9.33. The number of rotatable bonds is 4. The lowest BCUT2D eigenvalue weighted by molar-refractivity contribution is -0.114. The molecule has 0 atom stereocenters. The van der Waals surface area contributed by atoms with Gasteiger partial charge >= 0.3 is 0 Å². The van der Waals surface area contributed by atoms with Gasteiger partial charge in [0, 0.05) is 30.7 Å². The van der Waals surface area contributed by atoms with Crippen molar-refractivity contribution >= 4 is 40.0 Å². The summed E-state index contributed by atoms with van der Waals surface area (Å²) in [6, 6.07) is 8.87. The Morgan fingerprint density at radius 1 is 1.22 bits per heavy atom. The Hall–Kier alpha value is -3.20. The van der Waals surface area contributed by atoms with E-state index < -0.39 is 0 Å². The number of amides is 1. The van der Waals surface area contributed by atoms with Crippen molar-refractivity contribution in [1.29, 1.82) is 0 Å². The van der Waals surface area contributed by atoms with Crippen LogP contribution in [-0.4, -0.2) is 35.8 Å². The van der Waals surface area contributed by atoms with Crippen molar-refractivity contribution in [3.8, 4) is 5.69 Å². The maximum absolute atomic E-state index is 13.0. The van der Waals surface area contributed by atoms with Crippen molar-refractivity contribution in [1.82, 2.24) is 24.1 Å². The quantitative estimate of drug-likeness (QED) is 0.547. The number of benzene rings is 1. The van der Waals surface area contributed by atoms with Gasteiger partial charge in [0.25, 0.3) is 11.3 Å². The largest absolute Gasteiger partial charge is 0.326 e. The second-order valence-electron chi connectivity index (χ2n) is 5.82. The fourth-order valence-electron chi connectivity index (χ4n) is 2.80. The molecule has 1 aromatic carbocycles. The summed E-state index contributed by atoms with van der Waals surface area (Å²) in [5.41, 5.74) is 1.82. The maximum atomic E-state index is 13.0. The normalized spacial score (nSPS) is 11.2. The Morgan fingerprint density at radius 2 is 2.00 bits per heavy atom. The number of nitrogens with zero attached hydrogens (tertiary/aromatic N) is 5. The topological polar surface area (TPSA) is 94.2 Å². The van der Waals surface area contributed by atoms with Crippen LogP contribution in [-0.2, 0) is 4.79 Å². The van der Waals surface area contributed by atoms with Gasteiger partial charge in [-0.3, -0.25) is 14.2 Å². The minimum atomic E-state index is -0.200. The minimum absolute atomic E-state index is 0.144. The van der Waals surface area contributed by atoms with Gasteiger partial charge in [-0.25, -0.2) is 4.98 Å². The molecule has 0 aliphatic heterocycles. The molecule has 3 heterocycles. The van der Waals surface area contributed by atoms with Crippen molar-refractivity contribution in [3.63, 3.8) is 0 Å². The number of anilines is 1. The molecule has 0 saturated carbocycles. The van der Waals surface area contributed by atoms with Crippen molar-refractivity contribution in [2.45, 2.75) is 19.0 Å². The van der Waals surface area contributed by atoms with Crippen LogP contribution in [0.5, 0.6) is 0 Å². The van der Waals surface area contributed by atoms with E-state index in [0.717, 1.165) is 5.75 Å². The summed E-state index contributed by atoms with van der Waals surface area (Å²) in [6.45, 7) is 3.47. The summed E-state index contributed by atoms with van der Waals surface area (Å²) in [6.07, 6.45) is 3.23. The molecular formula is C18H16N6O2S. The zero-order valence-corrected chi connectivity index (χ0v) is 15.5. The van der Waals surface area contributed by atoms with Crippen LogP contribution in [0.3, 0.4) is 0 Å². The van der Waals surface area contributed by atoms with E-state index in [9.17, 15) is 9.59 Å². The standard InChI is InChI=1S/C18H16N6O2S/c1-3-27-18-21-17-19-10-14-15(24(17)22-18)8-9-23(16(14)26)13-6-4-12(5-7-13)20-11(2)25/h4-10H,3H2,1-2H3,(H,20,25). The van der Waals surface area contributed by atoms with Crippen molar-refractivity contribution in [2.24, 2.45) is 0 Å². The van der Waals surface area contributed by atoms with Crippen molar-refractivity contribution in [3.05, 3.63) is 53.1 Å². The molecule has 3 aromatic heterocycles. The van der Waals surface area contributed by atoms with Gasteiger partial charge < -0.3 is 5.32 Å². The van der Waals surface area contributed by atoms with Gasteiger partial charge in [0.2, 0.25) is 11.1 Å². The van der Waals surface area contributed by atoms with Gasteiger partial charge in [-0.05, 0) is 36.1 Å². The molecule has 0 spiro atoms. The van der Waals surface area contributed by atoms with E-state index in [1.807, 2.05) is 13.0 Å². The fraction of sp³-hybridized carbons (Fsp3) is 0.167. The SMILES string of the molecule is CCSc1nc2ncc3c(=O)n(-c4ccc(NC(C)=O)cc4)ccc3n2n1. The number of thioether (sulfide) groups is 1. The number of hydrogen-bond donors (Lipinski definition) is 1. The molecule has 27 heavy (non-hydrogen) atoms. The predicted molar refractivity (Wildman–Crippen MR) is 105 cm³/mol. The third-order valence-electron chi connectivity index (χ3n) is 3.95. The first-order valence-electron chi connectivity index (χ1n) is 8.35. The Kier molecular flexibility index (Phi) is 4.36. The summed E-state index contributed by atoms with van der Waals surface area (Å²) in [5.74, 6) is 1.18. The van der Waals surface area contributed by atoms with Crippen LogP contribution in [0.4, 0.5) is 5.69 Å². The van der Waals surface area contributed by atoms with Gasteiger partial charge in [-0.2, -0.15) is 9.50 Å². The third-order valence-corrected chi connectivity index (χ3v) is 4.67. The molecule has 4 aromatic rings. The van der Waals surface area contributed by atoms with E-state index in [4.69, 9.17) is 0 Å². The van der Waals surface area contributed by atoms with E-state index >= 15 is 0 Å². The number of aromatic nitrogens is 5. The Bertz CT molecular complexity index is 1210. The molecule has 0 saturated heterocycles. The zero-order valence-electron chi connectivity index (χ0n) is 14.7. The molecule has 0 fully saturated rings. The van der Waals surface area contributed by atoms with Gasteiger partial charge in [0.1, 0.15) is 0 Å². The second kappa shape index (κ2) is 6.84. The molecular weight excluding hydrogens is 364 g/mol. The lowest BCUT2D eigenvalue weighted by Gasteiger charge is -2.09. The molecule has 9 heteroatoms. The van der Waals surface area contributed by atoms with Gasteiger partial charge in [0.15, 0.2) is 0 Å². The minimum Gasteiger partial charge on any atom is -0.326 e. The Labute approximate surface area is 158 Å². The molecule has 1 amide bonds. The van der Waals surface area contributed by atoms with E-state index in [-0.39, 0.29) is 11.5 Å². The molecule has 0 bridgehead atoms. The molecule has 1 N–H and O–H groups in total. The van der Waals surface area contributed by atoms with Crippen LogP contribution in [0.15, 0.2) is 52.7 Å². The lowest BCUT2D eigenvalue weighted by Crippen LogP contribution is -2.19. The number of fused-ring (bicyclic) bond motifs is 3. The van der Waals surface area contributed by atoms with Crippen molar-refractivity contribution in [2.75, 3.05) is 11.1 Å². The van der Waals surface area contributed by atoms with Crippen LogP contribution >= 0.6 is 11.8 Å². The third kappa shape index (κ3) is 3.17. The molecule has 0 aliphatic rings. The average molecular weight is 380 g/mol. The van der Waals surface area contributed by atoms with E-state index in [1.165, 1.54) is 29.4 Å². The molecule has 136 valence electrons. The van der Waals surface area contributed by atoms with E-state index in [1.54, 1.807) is 35.0 Å². The smallest absolute Gasteiger partial charge is 0.266 e. The van der Waals surface area contributed by atoms with Crippen LogP contribution < -0.4 is 10.9 Å². The van der Waals surface area contributed by atoms with Crippen LogP contribution in [0.2, 0.25) is 0 Å². The van der Waals surface area contributed by atoms with Crippen LogP contribution in [0, 0.1) is 0 Å². The molecule has 8 nitrogen and oxygen atoms in total. The number of carbonyl (C=O) groups is 1. The fourth-order valence-corrected chi connectivity index (χ4v) is 3.35. The average Bonchev–Trinajstić information content (AvgIpc) is 3.06. The first kappa shape index (κ1) is 17.2. The van der Waals surface area contributed by atoms with E-state index in [0.29, 0.717) is 33.2 Å². The van der Waals surface area contributed by atoms with Gasteiger partial charge in [-0.15, -0.1) is 5.10 Å². The summed E-state index contributed by atoms with van der Waals surface area (Å²) in [4.78, 5) is 32.7. The van der Waals surface area contributed by atoms with E-state index in [2.05, 4.69) is 20.4 Å².